The van der Waals surface area contributed by atoms with Crippen molar-refractivity contribution in [1.29, 1.82) is 0 Å². The van der Waals surface area contributed by atoms with E-state index in [1.165, 1.54) is 17.1 Å². The molecule has 0 spiro atoms. The molecule has 0 amide bonds. The van der Waals surface area contributed by atoms with E-state index in [1.54, 1.807) is 0 Å². The number of rotatable bonds is 4. The van der Waals surface area contributed by atoms with E-state index in [2.05, 4.69) is 68.5 Å². The summed E-state index contributed by atoms with van der Waals surface area (Å²) in [4.78, 5) is 0.885. The number of benzene rings is 1. The summed E-state index contributed by atoms with van der Waals surface area (Å²) in [6.45, 7) is 10.6. The minimum atomic E-state index is -0.538. The van der Waals surface area contributed by atoms with Gasteiger partial charge in [-0.15, -0.1) is 5.10 Å². The Morgan fingerprint density at radius 3 is 2.29 bits per heavy atom. The van der Waals surface area contributed by atoms with Crippen molar-refractivity contribution in [1.82, 2.24) is 9.59 Å². The predicted molar refractivity (Wildman–Crippen MR) is 87.8 cm³/mol. The second-order valence-corrected chi connectivity index (χ2v) is 7.64. The van der Waals surface area contributed by atoms with E-state index in [4.69, 9.17) is 0 Å². The lowest BCUT2D eigenvalue weighted by Gasteiger charge is -2.19. The van der Waals surface area contributed by atoms with Gasteiger partial charge in [-0.2, -0.15) is 0 Å². The first-order valence-electron chi connectivity index (χ1n) is 7.38. The summed E-state index contributed by atoms with van der Waals surface area (Å²) in [6, 6.07) is 8.48. The molecule has 0 aliphatic carbocycles. The van der Waals surface area contributed by atoms with Crippen LogP contribution in [0.25, 0.3) is 0 Å². The van der Waals surface area contributed by atoms with E-state index >= 15 is 0 Å². The van der Waals surface area contributed by atoms with Gasteiger partial charge in [-0.25, -0.2) is 0 Å². The number of aromatic nitrogens is 2. The van der Waals surface area contributed by atoms with Crippen molar-refractivity contribution in [3.05, 3.63) is 46.0 Å². The Bertz CT molecular complexity index is 582. The third-order valence-corrected chi connectivity index (χ3v) is 4.43. The summed E-state index contributed by atoms with van der Waals surface area (Å²) < 4.78 is 4.02. The van der Waals surface area contributed by atoms with Crippen molar-refractivity contribution in [3.8, 4) is 0 Å². The smallest absolute Gasteiger partial charge is 0.0957 e. The summed E-state index contributed by atoms with van der Waals surface area (Å²) in [5, 5.41) is 14.7. The fourth-order valence-electron chi connectivity index (χ4n) is 2.29. The predicted octanol–water partition coefficient (Wildman–Crippen LogP) is 4.24. The Hall–Kier alpha value is -1.26. The molecule has 4 heteroatoms. The molecule has 0 aliphatic rings. The molecule has 1 aromatic carbocycles. The van der Waals surface area contributed by atoms with Crippen LogP contribution in [0.5, 0.6) is 0 Å². The first kappa shape index (κ1) is 16.1. The summed E-state index contributed by atoms with van der Waals surface area (Å²) in [6.07, 6.45) is 0.0647. The first-order chi connectivity index (χ1) is 9.79. The molecule has 0 fully saturated rings. The van der Waals surface area contributed by atoms with E-state index < -0.39 is 6.10 Å². The molecule has 1 N–H and O–H groups in total. The van der Waals surface area contributed by atoms with Crippen molar-refractivity contribution >= 4 is 11.5 Å². The Labute approximate surface area is 131 Å². The highest BCUT2D eigenvalue weighted by atomic mass is 32.1. The van der Waals surface area contributed by atoms with Crippen LogP contribution >= 0.6 is 11.5 Å². The van der Waals surface area contributed by atoms with Crippen molar-refractivity contribution in [3.63, 3.8) is 0 Å². The van der Waals surface area contributed by atoms with Crippen LogP contribution in [0, 0.1) is 0 Å². The molecular weight excluding hydrogens is 280 g/mol. The quantitative estimate of drug-likeness (QED) is 0.919. The third kappa shape index (κ3) is 3.89. The topological polar surface area (TPSA) is 46.0 Å². The van der Waals surface area contributed by atoms with Crippen LogP contribution in [0.15, 0.2) is 24.3 Å². The maximum absolute atomic E-state index is 10.5. The zero-order valence-electron chi connectivity index (χ0n) is 13.4. The van der Waals surface area contributed by atoms with E-state index in [-0.39, 0.29) is 5.41 Å². The van der Waals surface area contributed by atoms with Crippen molar-refractivity contribution in [2.24, 2.45) is 0 Å². The van der Waals surface area contributed by atoms with Crippen LogP contribution in [0.2, 0.25) is 0 Å². The van der Waals surface area contributed by atoms with Crippen LogP contribution < -0.4 is 0 Å². The van der Waals surface area contributed by atoms with E-state index in [9.17, 15) is 5.11 Å². The Balaban J connectivity index is 2.15. The van der Waals surface area contributed by atoms with Crippen LogP contribution in [0.1, 0.15) is 68.3 Å². The third-order valence-electron chi connectivity index (χ3n) is 3.60. The number of hydrogen-bond acceptors (Lipinski definition) is 4. The number of hydrogen-bond donors (Lipinski definition) is 1. The van der Waals surface area contributed by atoms with E-state index in [1.807, 2.05) is 0 Å². The second-order valence-electron chi connectivity index (χ2n) is 6.85. The van der Waals surface area contributed by atoms with Gasteiger partial charge in [0.1, 0.15) is 0 Å². The Kier molecular flexibility index (Phi) is 4.79. The van der Waals surface area contributed by atoms with Crippen LogP contribution in [-0.2, 0) is 11.8 Å². The minimum Gasteiger partial charge on any atom is -0.387 e. The van der Waals surface area contributed by atoms with Gasteiger partial charge in [0.15, 0.2) is 0 Å². The van der Waals surface area contributed by atoms with Gasteiger partial charge in [0.25, 0.3) is 0 Å². The molecule has 2 aromatic rings. The van der Waals surface area contributed by atoms with Crippen LogP contribution in [0.4, 0.5) is 0 Å². The van der Waals surface area contributed by atoms with Gasteiger partial charge in [0.2, 0.25) is 0 Å². The fourth-order valence-corrected chi connectivity index (χ4v) is 3.14. The van der Waals surface area contributed by atoms with Gasteiger partial charge >= 0.3 is 0 Å². The maximum atomic E-state index is 10.5. The monoisotopic (exact) mass is 304 g/mol. The van der Waals surface area contributed by atoms with Gasteiger partial charge < -0.3 is 5.11 Å². The average Bonchev–Trinajstić information content (AvgIpc) is 2.88. The molecule has 114 valence electrons. The second kappa shape index (κ2) is 6.24. The van der Waals surface area contributed by atoms with Gasteiger partial charge in [-0.3, -0.25) is 0 Å². The highest BCUT2D eigenvalue weighted by molar-refractivity contribution is 7.05. The zero-order valence-corrected chi connectivity index (χ0v) is 14.2. The lowest BCUT2D eigenvalue weighted by molar-refractivity contribution is 0.179. The normalized spacial score (nSPS) is 13.7. The molecule has 0 saturated heterocycles. The molecule has 0 bridgehead atoms. The van der Waals surface area contributed by atoms with Gasteiger partial charge in [0.05, 0.1) is 16.7 Å². The average molecular weight is 304 g/mol. The molecule has 21 heavy (non-hydrogen) atoms. The molecule has 0 saturated carbocycles. The highest BCUT2D eigenvalue weighted by Gasteiger charge is 2.26. The fraction of sp³-hybridized carbons (Fsp3) is 0.529. The maximum Gasteiger partial charge on any atom is 0.0957 e. The standard InChI is InChI=1S/C17H24N2OS/c1-11(2)13-8-6-12(7-9-13)10-14(20)15-16(17(3,4)5)18-19-21-15/h6-9,11,14,20H,10H2,1-5H3. The number of nitrogens with zero attached hydrogens (tertiary/aromatic N) is 2. The minimum absolute atomic E-state index is 0.0924. The van der Waals surface area contributed by atoms with Crippen LogP contribution in [-0.4, -0.2) is 14.7 Å². The summed E-state index contributed by atoms with van der Waals surface area (Å²) >= 11 is 1.30. The SMILES string of the molecule is CC(C)c1ccc(CC(O)c2snnc2C(C)(C)C)cc1. The van der Waals surface area contributed by atoms with Gasteiger partial charge in [0, 0.05) is 11.8 Å². The molecule has 1 unspecified atom stereocenters. The molecule has 0 radical (unpaired) electrons. The van der Waals surface area contributed by atoms with E-state index in [0.717, 1.165) is 16.1 Å². The summed E-state index contributed by atoms with van der Waals surface area (Å²) in [5.74, 6) is 0.530. The molecule has 3 nitrogen and oxygen atoms in total. The van der Waals surface area contributed by atoms with Crippen molar-refractivity contribution < 1.29 is 5.11 Å². The number of aliphatic hydroxyl groups excluding tert-OH is 1. The van der Waals surface area contributed by atoms with E-state index in [0.29, 0.717) is 12.3 Å². The Morgan fingerprint density at radius 2 is 1.76 bits per heavy atom. The lowest BCUT2D eigenvalue weighted by atomic mass is 9.89. The van der Waals surface area contributed by atoms with Gasteiger partial charge in [-0.05, 0) is 28.6 Å². The van der Waals surface area contributed by atoms with Gasteiger partial charge in [-0.1, -0.05) is 63.4 Å². The molecule has 0 aliphatic heterocycles. The molecule has 2 rings (SSSR count). The van der Waals surface area contributed by atoms with Crippen molar-refractivity contribution in [2.45, 2.75) is 58.5 Å². The molecule has 1 atom stereocenters. The molecular formula is C17H24N2OS. The summed E-state index contributed by atoms with van der Waals surface area (Å²) in [7, 11) is 0. The summed E-state index contributed by atoms with van der Waals surface area (Å²) in [5.41, 5.74) is 3.27. The molecule has 1 heterocycles. The number of aliphatic hydroxyl groups is 1. The Morgan fingerprint density at radius 1 is 1.14 bits per heavy atom. The molecule has 1 aromatic heterocycles. The van der Waals surface area contributed by atoms with Crippen molar-refractivity contribution in [2.75, 3.05) is 0 Å². The zero-order chi connectivity index (χ0) is 15.6. The highest BCUT2D eigenvalue weighted by Crippen LogP contribution is 2.32. The van der Waals surface area contributed by atoms with Crippen LogP contribution in [0.3, 0.4) is 0 Å². The largest absolute Gasteiger partial charge is 0.387 e. The lowest BCUT2D eigenvalue weighted by Crippen LogP contribution is -2.16. The first-order valence-corrected chi connectivity index (χ1v) is 8.16.